The Morgan fingerprint density at radius 1 is 1.67 bits per heavy atom. The summed E-state index contributed by atoms with van der Waals surface area (Å²) in [4.78, 5) is 23.7. The summed E-state index contributed by atoms with van der Waals surface area (Å²) < 4.78 is 0. The molecule has 1 aliphatic heterocycles. The van der Waals surface area contributed by atoms with E-state index < -0.39 is 18.0 Å². The quantitative estimate of drug-likeness (QED) is 0.645. The molecule has 3 N–H and O–H groups in total. The summed E-state index contributed by atoms with van der Waals surface area (Å²) in [6.45, 7) is 2.36. The lowest BCUT2D eigenvalue weighted by molar-refractivity contribution is -0.124. The Morgan fingerprint density at radius 2 is 2.33 bits per heavy atom. The number of urea groups is 1. The van der Waals surface area contributed by atoms with Gasteiger partial charge in [-0.1, -0.05) is 0 Å². The van der Waals surface area contributed by atoms with E-state index in [1.165, 1.54) is 0 Å². The fraction of sp³-hybridized carbons (Fsp3) is 0.667. The number of nitrogens with two attached hydrogens (primary N) is 1. The first-order chi connectivity index (χ1) is 7.06. The maximum absolute atomic E-state index is 11.4. The van der Waals surface area contributed by atoms with Crippen molar-refractivity contribution in [2.45, 2.75) is 31.8 Å². The van der Waals surface area contributed by atoms with Crippen LogP contribution in [0.2, 0.25) is 0 Å². The number of nitrogens with one attached hydrogen (secondary N) is 1. The molecule has 82 valence electrons. The summed E-state index contributed by atoms with van der Waals surface area (Å²) in [7, 11) is 0. The smallest absolute Gasteiger partial charge is 0.318 e. The highest BCUT2D eigenvalue weighted by Gasteiger charge is 2.32. The van der Waals surface area contributed by atoms with Crippen molar-refractivity contribution in [1.82, 2.24) is 10.2 Å². The van der Waals surface area contributed by atoms with Crippen molar-refractivity contribution in [2.24, 2.45) is 5.73 Å². The van der Waals surface area contributed by atoms with Crippen LogP contribution in [0.5, 0.6) is 0 Å². The maximum atomic E-state index is 11.4. The minimum Gasteiger partial charge on any atom is -0.351 e. The summed E-state index contributed by atoms with van der Waals surface area (Å²) >= 11 is 0. The SMILES string of the molecule is CC(C(=O)NC(N)=O)N1CCCC1C#N. The van der Waals surface area contributed by atoms with Crippen molar-refractivity contribution < 1.29 is 9.59 Å². The van der Waals surface area contributed by atoms with Gasteiger partial charge in [-0.15, -0.1) is 0 Å². The van der Waals surface area contributed by atoms with Crippen LogP contribution in [-0.2, 0) is 4.79 Å². The summed E-state index contributed by atoms with van der Waals surface area (Å²) in [5.74, 6) is -0.454. The van der Waals surface area contributed by atoms with Crippen molar-refractivity contribution in [2.75, 3.05) is 6.54 Å². The third kappa shape index (κ3) is 2.67. The molecule has 6 nitrogen and oxygen atoms in total. The summed E-state index contributed by atoms with van der Waals surface area (Å²) in [6.07, 6.45) is 1.66. The summed E-state index contributed by atoms with van der Waals surface area (Å²) in [6, 6.07) is 0.538. The van der Waals surface area contributed by atoms with Crippen LogP contribution < -0.4 is 11.1 Å². The molecule has 0 aromatic rings. The van der Waals surface area contributed by atoms with Crippen LogP contribution in [-0.4, -0.2) is 35.5 Å². The molecule has 2 unspecified atom stereocenters. The highest BCUT2D eigenvalue weighted by molar-refractivity contribution is 5.96. The third-order valence-electron chi connectivity index (χ3n) is 2.57. The number of imide groups is 1. The van der Waals surface area contributed by atoms with E-state index in [0.29, 0.717) is 6.54 Å². The van der Waals surface area contributed by atoms with Gasteiger partial charge in [-0.3, -0.25) is 15.0 Å². The van der Waals surface area contributed by atoms with Crippen LogP contribution in [0.4, 0.5) is 4.79 Å². The Hall–Kier alpha value is -1.61. The molecular formula is C9H14N4O2. The highest BCUT2D eigenvalue weighted by atomic mass is 16.2. The number of hydrogen-bond donors (Lipinski definition) is 2. The van der Waals surface area contributed by atoms with Gasteiger partial charge in [-0.2, -0.15) is 5.26 Å². The van der Waals surface area contributed by atoms with E-state index in [0.717, 1.165) is 12.8 Å². The Bertz CT molecular complexity index is 310. The standard InChI is InChI=1S/C9H14N4O2/c1-6(8(14)12-9(11)15)13-4-2-3-7(13)5-10/h6-7H,2-4H2,1H3,(H3,11,12,14,15). The number of carbonyl (C=O) groups is 2. The molecule has 1 aliphatic rings. The average Bonchev–Trinajstić information content (AvgIpc) is 2.62. The number of primary amides is 1. The molecule has 6 heteroatoms. The van der Waals surface area contributed by atoms with Crippen LogP contribution in [0.15, 0.2) is 0 Å². The molecule has 0 radical (unpaired) electrons. The molecule has 0 saturated carbocycles. The van der Waals surface area contributed by atoms with Crippen molar-refractivity contribution in [3.63, 3.8) is 0 Å². The second-order valence-corrected chi connectivity index (χ2v) is 3.55. The van der Waals surface area contributed by atoms with Gasteiger partial charge in [0.15, 0.2) is 0 Å². The fourth-order valence-corrected chi connectivity index (χ4v) is 1.77. The van der Waals surface area contributed by atoms with Crippen LogP contribution in [0.3, 0.4) is 0 Å². The molecule has 2 atom stereocenters. The van der Waals surface area contributed by atoms with Crippen molar-refractivity contribution in [3.05, 3.63) is 0 Å². The van der Waals surface area contributed by atoms with Gasteiger partial charge in [-0.05, 0) is 19.8 Å². The topological polar surface area (TPSA) is 99.2 Å². The third-order valence-corrected chi connectivity index (χ3v) is 2.57. The van der Waals surface area contributed by atoms with E-state index in [2.05, 4.69) is 6.07 Å². The van der Waals surface area contributed by atoms with Gasteiger partial charge in [0.05, 0.1) is 18.2 Å². The number of nitrogens with zero attached hydrogens (tertiary/aromatic N) is 2. The van der Waals surface area contributed by atoms with E-state index in [1.807, 2.05) is 5.32 Å². The minimum absolute atomic E-state index is 0.237. The minimum atomic E-state index is -0.862. The predicted octanol–water partition coefficient (Wildman–Crippen LogP) is -0.442. The van der Waals surface area contributed by atoms with E-state index in [-0.39, 0.29) is 6.04 Å². The molecule has 15 heavy (non-hydrogen) atoms. The zero-order chi connectivity index (χ0) is 11.4. The molecule has 1 saturated heterocycles. The van der Waals surface area contributed by atoms with E-state index in [4.69, 9.17) is 11.0 Å². The van der Waals surface area contributed by atoms with Gasteiger partial charge in [0.2, 0.25) is 5.91 Å². The largest absolute Gasteiger partial charge is 0.351 e. The van der Waals surface area contributed by atoms with Crippen molar-refractivity contribution in [1.29, 1.82) is 5.26 Å². The van der Waals surface area contributed by atoms with Crippen LogP contribution >= 0.6 is 0 Å². The predicted molar refractivity (Wildman–Crippen MR) is 52.5 cm³/mol. The molecule has 0 aliphatic carbocycles. The number of nitriles is 1. The van der Waals surface area contributed by atoms with Crippen LogP contribution in [0.25, 0.3) is 0 Å². The number of carbonyl (C=O) groups excluding carboxylic acids is 2. The number of hydrogen-bond acceptors (Lipinski definition) is 4. The molecular weight excluding hydrogens is 196 g/mol. The molecule has 0 aromatic carbocycles. The molecule has 1 rings (SSSR count). The number of likely N-dealkylation sites (tertiary alicyclic amines) is 1. The van der Waals surface area contributed by atoms with E-state index >= 15 is 0 Å². The Balaban J connectivity index is 2.60. The molecule has 1 fully saturated rings. The lowest BCUT2D eigenvalue weighted by Crippen LogP contribution is -2.49. The average molecular weight is 210 g/mol. The van der Waals surface area contributed by atoms with Crippen molar-refractivity contribution >= 4 is 11.9 Å². The van der Waals surface area contributed by atoms with Crippen LogP contribution in [0, 0.1) is 11.3 Å². The van der Waals surface area contributed by atoms with Crippen molar-refractivity contribution in [3.8, 4) is 6.07 Å². The highest BCUT2D eigenvalue weighted by Crippen LogP contribution is 2.19. The second-order valence-electron chi connectivity index (χ2n) is 3.55. The second kappa shape index (κ2) is 4.75. The number of rotatable bonds is 2. The van der Waals surface area contributed by atoms with Gasteiger partial charge >= 0.3 is 6.03 Å². The van der Waals surface area contributed by atoms with Gasteiger partial charge in [0.25, 0.3) is 0 Å². The molecule has 0 aromatic heterocycles. The first-order valence-electron chi connectivity index (χ1n) is 4.82. The zero-order valence-corrected chi connectivity index (χ0v) is 8.56. The van der Waals surface area contributed by atoms with Gasteiger partial charge in [0.1, 0.15) is 0 Å². The zero-order valence-electron chi connectivity index (χ0n) is 8.56. The Morgan fingerprint density at radius 3 is 2.87 bits per heavy atom. The van der Waals surface area contributed by atoms with E-state index in [9.17, 15) is 9.59 Å². The molecule has 1 heterocycles. The van der Waals surface area contributed by atoms with Gasteiger partial charge < -0.3 is 5.73 Å². The first kappa shape index (κ1) is 11.5. The Kier molecular flexibility index (Phi) is 3.63. The molecule has 0 bridgehead atoms. The maximum Gasteiger partial charge on any atom is 0.318 e. The number of amides is 3. The van der Waals surface area contributed by atoms with Gasteiger partial charge in [0, 0.05) is 6.54 Å². The molecule has 0 spiro atoms. The van der Waals surface area contributed by atoms with E-state index in [1.54, 1.807) is 11.8 Å². The lowest BCUT2D eigenvalue weighted by Gasteiger charge is -2.25. The lowest BCUT2D eigenvalue weighted by atomic mass is 10.2. The first-order valence-corrected chi connectivity index (χ1v) is 4.82. The van der Waals surface area contributed by atoms with Crippen LogP contribution in [0.1, 0.15) is 19.8 Å². The molecule has 3 amide bonds. The van der Waals surface area contributed by atoms with Gasteiger partial charge in [-0.25, -0.2) is 4.79 Å². The Labute approximate surface area is 88.0 Å². The normalized spacial score (nSPS) is 23.1. The summed E-state index contributed by atoms with van der Waals surface area (Å²) in [5, 5.41) is 10.8. The monoisotopic (exact) mass is 210 g/mol. The summed E-state index contributed by atoms with van der Waals surface area (Å²) in [5.41, 5.74) is 4.84. The fourth-order valence-electron chi connectivity index (χ4n) is 1.77.